The number of carbonyl (C=O) groups is 3. The fourth-order valence-electron chi connectivity index (χ4n) is 4.00. The molecule has 6 heteroatoms. The van der Waals surface area contributed by atoms with Gasteiger partial charge in [0.2, 0.25) is 6.23 Å². The van der Waals surface area contributed by atoms with Crippen molar-refractivity contribution in [2.75, 3.05) is 0 Å². The Morgan fingerprint density at radius 3 is 2.00 bits per heavy atom. The molecule has 4 rings (SSSR count). The number of carboxylic acid groups (broad SMARTS) is 1. The van der Waals surface area contributed by atoms with Crippen molar-refractivity contribution >= 4 is 17.8 Å². The molecular formula is C25H21NO5. The standard InChI is InChI=1S/C25H21NO5/c27-21(28)17-25(16-18-10-4-1-5-11-18)24(30)31-23(20-14-8-3-9-15-20)26(25)22(29)19-12-6-2-7-13-19/h1-15,23H,16-17H2,(H,27,28)/t23-,25-/m1/s1. The lowest BCUT2D eigenvalue weighted by Gasteiger charge is -2.35. The molecule has 0 bridgehead atoms. The summed E-state index contributed by atoms with van der Waals surface area (Å²) in [5.41, 5.74) is 0.00551. The second-order valence-corrected chi connectivity index (χ2v) is 7.47. The largest absolute Gasteiger partial charge is 0.481 e. The summed E-state index contributed by atoms with van der Waals surface area (Å²) in [5, 5.41) is 9.72. The average Bonchev–Trinajstić information content (AvgIpc) is 3.06. The summed E-state index contributed by atoms with van der Waals surface area (Å²) < 4.78 is 5.69. The molecule has 0 saturated carbocycles. The second kappa shape index (κ2) is 8.44. The van der Waals surface area contributed by atoms with Crippen LogP contribution in [0.25, 0.3) is 0 Å². The first-order valence-corrected chi connectivity index (χ1v) is 9.92. The molecule has 1 heterocycles. The molecule has 1 fully saturated rings. The Hall–Kier alpha value is -3.93. The lowest BCUT2D eigenvalue weighted by Crippen LogP contribution is -2.54. The molecule has 0 aromatic heterocycles. The van der Waals surface area contributed by atoms with Crippen LogP contribution in [0.15, 0.2) is 91.0 Å². The Balaban J connectivity index is 1.87. The quantitative estimate of drug-likeness (QED) is 0.619. The third-order valence-corrected chi connectivity index (χ3v) is 5.40. The first kappa shape index (κ1) is 20.3. The van der Waals surface area contributed by atoms with Crippen molar-refractivity contribution in [1.82, 2.24) is 4.90 Å². The summed E-state index contributed by atoms with van der Waals surface area (Å²) in [6, 6.07) is 26.4. The summed E-state index contributed by atoms with van der Waals surface area (Å²) in [5.74, 6) is -2.37. The van der Waals surface area contributed by atoms with Gasteiger partial charge in [-0.2, -0.15) is 0 Å². The number of carbonyl (C=O) groups excluding carboxylic acids is 2. The number of amides is 1. The van der Waals surface area contributed by atoms with Crippen LogP contribution in [-0.4, -0.2) is 33.4 Å². The van der Waals surface area contributed by atoms with Crippen LogP contribution in [0, 0.1) is 0 Å². The van der Waals surface area contributed by atoms with Gasteiger partial charge in [-0.3, -0.25) is 14.5 Å². The van der Waals surface area contributed by atoms with Crippen LogP contribution in [0.2, 0.25) is 0 Å². The lowest BCUT2D eigenvalue weighted by atomic mass is 9.85. The van der Waals surface area contributed by atoms with E-state index < -0.39 is 36.0 Å². The Kier molecular flexibility index (Phi) is 5.54. The molecule has 3 aromatic carbocycles. The van der Waals surface area contributed by atoms with Crippen LogP contribution in [0.1, 0.15) is 34.1 Å². The van der Waals surface area contributed by atoms with E-state index in [4.69, 9.17) is 4.74 Å². The lowest BCUT2D eigenvalue weighted by molar-refractivity contribution is -0.150. The van der Waals surface area contributed by atoms with E-state index >= 15 is 0 Å². The number of aliphatic carboxylic acids is 1. The second-order valence-electron chi connectivity index (χ2n) is 7.47. The molecule has 1 saturated heterocycles. The molecule has 156 valence electrons. The molecule has 0 unspecified atom stereocenters. The molecule has 3 aromatic rings. The third-order valence-electron chi connectivity index (χ3n) is 5.40. The predicted molar refractivity (Wildman–Crippen MR) is 113 cm³/mol. The number of benzene rings is 3. The average molecular weight is 415 g/mol. The summed E-state index contributed by atoms with van der Waals surface area (Å²) in [6.07, 6.45) is -1.56. The Bertz CT molecular complexity index is 1080. The number of ether oxygens (including phenoxy) is 1. The molecule has 1 amide bonds. The number of rotatable bonds is 6. The number of nitrogens with zero attached hydrogens (tertiary/aromatic N) is 1. The van der Waals surface area contributed by atoms with E-state index in [-0.39, 0.29) is 6.42 Å². The molecule has 0 aliphatic carbocycles. The summed E-state index contributed by atoms with van der Waals surface area (Å²) in [6.45, 7) is 0. The smallest absolute Gasteiger partial charge is 0.335 e. The SMILES string of the molecule is O=C(O)C[C@]1(Cc2ccccc2)C(=O)O[C@H](c2ccccc2)N1C(=O)c1ccccc1. The molecule has 2 atom stereocenters. The Morgan fingerprint density at radius 1 is 0.871 bits per heavy atom. The highest BCUT2D eigenvalue weighted by Gasteiger charge is 2.59. The number of hydrogen-bond acceptors (Lipinski definition) is 4. The van der Waals surface area contributed by atoms with Crippen molar-refractivity contribution in [3.8, 4) is 0 Å². The molecule has 6 nitrogen and oxygen atoms in total. The van der Waals surface area contributed by atoms with Crippen LogP contribution in [0.5, 0.6) is 0 Å². The number of cyclic esters (lactones) is 1. The molecule has 0 radical (unpaired) electrons. The molecule has 1 aliphatic heterocycles. The minimum Gasteiger partial charge on any atom is -0.481 e. The van der Waals surface area contributed by atoms with Gasteiger partial charge in [0.1, 0.15) is 0 Å². The van der Waals surface area contributed by atoms with Crippen molar-refractivity contribution < 1.29 is 24.2 Å². The summed E-state index contributed by atoms with van der Waals surface area (Å²) >= 11 is 0. The van der Waals surface area contributed by atoms with Gasteiger partial charge < -0.3 is 9.84 Å². The van der Waals surface area contributed by atoms with Gasteiger partial charge in [-0.1, -0.05) is 78.9 Å². The Morgan fingerprint density at radius 2 is 1.42 bits per heavy atom. The van der Waals surface area contributed by atoms with E-state index in [1.54, 1.807) is 66.7 Å². The van der Waals surface area contributed by atoms with Crippen molar-refractivity contribution in [2.45, 2.75) is 24.6 Å². The van der Waals surface area contributed by atoms with E-state index in [0.29, 0.717) is 11.1 Å². The van der Waals surface area contributed by atoms with E-state index in [9.17, 15) is 19.5 Å². The van der Waals surface area contributed by atoms with Gasteiger partial charge in [-0.05, 0) is 17.7 Å². The zero-order valence-electron chi connectivity index (χ0n) is 16.7. The van der Waals surface area contributed by atoms with E-state index in [1.165, 1.54) is 4.90 Å². The number of esters is 1. The topological polar surface area (TPSA) is 83.9 Å². The van der Waals surface area contributed by atoms with Crippen molar-refractivity contribution in [3.05, 3.63) is 108 Å². The van der Waals surface area contributed by atoms with Crippen LogP contribution in [0.4, 0.5) is 0 Å². The van der Waals surface area contributed by atoms with Gasteiger partial charge in [0.15, 0.2) is 5.54 Å². The summed E-state index contributed by atoms with van der Waals surface area (Å²) in [4.78, 5) is 40.2. The van der Waals surface area contributed by atoms with E-state index in [1.807, 2.05) is 24.3 Å². The van der Waals surface area contributed by atoms with Gasteiger partial charge in [0.05, 0.1) is 6.42 Å². The van der Waals surface area contributed by atoms with Gasteiger partial charge >= 0.3 is 11.9 Å². The van der Waals surface area contributed by atoms with Gasteiger partial charge in [0, 0.05) is 17.5 Å². The molecular weight excluding hydrogens is 394 g/mol. The highest BCUT2D eigenvalue weighted by molar-refractivity contribution is 6.01. The Labute approximate surface area is 179 Å². The predicted octanol–water partition coefficient (Wildman–Crippen LogP) is 3.84. The van der Waals surface area contributed by atoms with Crippen LogP contribution < -0.4 is 0 Å². The maximum absolute atomic E-state index is 13.7. The normalized spacial score (nSPS) is 20.3. The van der Waals surface area contributed by atoms with E-state index in [2.05, 4.69) is 0 Å². The van der Waals surface area contributed by atoms with Crippen molar-refractivity contribution in [3.63, 3.8) is 0 Å². The van der Waals surface area contributed by atoms with Crippen LogP contribution in [-0.2, 0) is 20.7 Å². The van der Waals surface area contributed by atoms with Crippen molar-refractivity contribution in [1.29, 1.82) is 0 Å². The molecule has 31 heavy (non-hydrogen) atoms. The van der Waals surface area contributed by atoms with Crippen LogP contribution in [0.3, 0.4) is 0 Å². The van der Waals surface area contributed by atoms with Crippen molar-refractivity contribution in [2.24, 2.45) is 0 Å². The van der Waals surface area contributed by atoms with Crippen LogP contribution >= 0.6 is 0 Å². The number of hydrogen-bond donors (Lipinski definition) is 1. The number of carboxylic acids is 1. The fourth-order valence-corrected chi connectivity index (χ4v) is 4.00. The minimum atomic E-state index is -1.68. The van der Waals surface area contributed by atoms with Gasteiger partial charge in [0.25, 0.3) is 5.91 Å². The third kappa shape index (κ3) is 3.92. The summed E-state index contributed by atoms with van der Waals surface area (Å²) in [7, 11) is 0. The van der Waals surface area contributed by atoms with Gasteiger partial charge in [-0.15, -0.1) is 0 Å². The highest BCUT2D eigenvalue weighted by Crippen LogP contribution is 2.43. The maximum atomic E-state index is 13.7. The molecule has 1 N–H and O–H groups in total. The maximum Gasteiger partial charge on any atom is 0.335 e. The first-order valence-electron chi connectivity index (χ1n) is 9.92. The zero-order chi connectivity index (χ0) is 21.8. The highest BCUT2D eigenvalue weighted by atomic mass is 16.6. The fraction of sp³-hybridized carbons (Fsp3) is 0.160. The minimum absolute atomic E-state index is 0.0287. The van der Waals surface area contributed by atoms with Gasteiger partial charge in [-0.25, -0.2) is 4.79 Å². The molecule has 0 spiro atoms. The van der Waals surface area contributed by atoms with E-state index in [0.717, 1.165) is 5.56 Å². The monoisotopic (exact) mass is 415 g/mol. The zero-order valence-corrected chi connectivity index (χ0v) is 16.7. The molecule has 1 aliphatic rings. The first-order chi connectivity index (χ1) is 15.0.